The Bertz CT molecular complexity index is 622. The SMILES string of the molecule is CC1CCCCN1C(=O)c1sc2ncccc2c1N. The number of likely N-dealkylation sites (tertiary alicyclic amines) is 1. The van der Waals surface area contributed by atoms with Crippen LogP contribution in [0.5, 0.6) is 0 Å². The number of hydrogen-bond acceptors (Lipinski definition) is 4. The van der Waals surface area contributed by atoms with Crippen LogP contribution in [0.3, 0.4) is 0 Å². The van der Waals surface area contributed by atoms with Crippen LogP contribution in [-0.4, -0.2) is 28.4 Å². The second kappa shape index (κ2) is 4.81. The molecule has 2 N–H and O–H groups in total. The fourth-order valence-electron chi connectivity index (χ4n) is 2.64. The highest BCUT2D eigenvalue weighted by Gasteiger charge is 2.27. The number of anilines is 1. The molecule has 1 fully saturated rings. The first-order valence-electron chi connectivity index (χ1n) is 6.62. The van der Waals surface area contributed by atoms with Crippen LogP contribution in [0.25, 0.3) is 10.2 Å². The molecule has 100 valence electrons. The van der Waals surface area contributed by atoms with E-state index in [0.717, 1.165) is 29.6 Å². The Hall–Kier alpha value is -1.62. The maximum Gasteiger partial charge on any atom is 0.266 e. The molecule has 1 aliphatic heterocycles. The van der Waals surface area contributed by atoms with E-state index in [1.165, 1.54) is 17.8 Å². The number of nitrogens with two attached hydrogens (primary N) is 1. The van der Waals surface area contributed by atoms with Gasteiger partial charge in [-0.3, -0.25) is 4.79 Å². The lowest BCUT2D eigenvalue weighted by Gasteiger charge is -2.33. The largest absolute Gasteiger partial charge is 0.397 e. The van der Waals surface area contributed by atoms with Gasteiger partial charge in [0.1, 0.15) is 9.71 Å². The number of nitrogens with zero attached hydrogens (tertiary/aromatic N) is 2. The van der Waals surface area contributed by atoms with Gasteiger partial charge < -0.3 is 10.6 Å². The number of piperidine rings is 1. The Morgan fingerprint density at radius 1 is 1.53 bits per heavy atom. The number of hydrogen-bond donors (Lipinski definition) is 1. The fraction of sp³-hybridized carbons (Fsp3) is 0.429. The van der Waals surface area contributed by atoms with Crippen LogP contribution >= 0.6 is 11.3 Å². The van der Waals surface area contributed by atoms with Crippen LogP contribution in [0.15, 0.2) is 18.3 Å². The highest BCUT2D eigenvalue weighted by atomic mass is 32.1. The molecule has 4 nitrogen and oxygen atoms in total. The summed E-state index contributed by atoms with van der Waals surface area (Å²) < 4.78 is 0. The molecule has 2 aromatic heterocycles. The summed E-state index contributed by atoms with van der Waals surface area (Å²) in [5.41, 5.74) is 6.69. The molecule has 0 saturated carbocycles. The van der Waals surface area contributed by atoms with E-state index in [2.05, 4.69) is 11.9 Å². The third kappa shape index (κ3) is 2.08. The minimum atomic E-state index is 0.0627. The van der Waals surface area contributed by atoms with Gasteiger partial charge in [-0.1, -0.05) is 0 Å². The van der Waals surface area contributed by atoms with Crippen LogP contribution < -0.4 is 5.73 Å². The summed E-state index contributed by atoms with van der Waals surface area (Å²) in [5, 5.41) is 0.889. The van der Waals surface area contributed by atoms with Gasteiger partial charge in [0.05, 0.1) is 5.69 Å². The van der Waals surface area contributed by atoms with Gasteiger partial charge in [0.2, 0.25) is 0 Å². The third-order valence-electron chi connectivity index (χ3n) is 3.76. The average molecular weight is 275 g/mol. The number of pyridine rings is 1. The van der Waals surface area contributed by atoms with Crippen LogP contribution in [0.4, 0.5) is 5.69 Å². The third-order valence-corrected chi connectivity index (χ3v) is 4.88. The zero-order valence-corrected chi connectivity index (χ0v) is 11.7. The Balaban J connectivity index is 1.99. The second-order valence-electron chi connectivity index (χ2n) is 5.04. The van der Waals surface area contributed by atoms with E-state index in [4.69, 9.17) is 5.73 Å². The molecule has 1 atom stereocenters. The predicted octanol–water partition coefficient (Wildman–Crippen LogP) is 2.89. The van der Waals surface area contributed by atoms with E-state index in [1.54, 1.807) is 6.20 Å². The van der Waals surface area contributed by atoms with Crippen molar-refractivity contribution in [1.29, 1.82) is 0 Å². The zero-order chi connectivity index (χ0) is 13.4. The van der Waals surface area contributed by atoms with Crippen LogP contribution in [0.1, 0.15) is 35.9 Å². The van der Waals surface area contributed by atoms with E-state index in [1.807, 2.05) is 17.0 Å². The lowest BCUT2D eigenvalue weighted by molar-refractivity contribution is 0.0642. The first kappa shape index (κ1) is 12.4. The first-order valence-corrected chi connectivity index (χ1v) is 7.44. The summed E-state index contributed by atoms with van der Waals surface area (Å²) in [6.07, 6.45) is 5.10. The Kier molecular flexibility index (Phi) is 3.14. The second-order valence-corrected chi connectivity index (χ2v) is 6.04. The molecule has 1 unspecified atom stereocenters. The molecule has 0 radical (unpaired) electrons. The fourth-order valence-corrected chi connectivity index (χ4v) is 3.66. The van der Waals surface area contributed by atoms with Crippen LogP contribution in [-0.2, 0) is 0 Å². The molecule has 19 heavy (non-hydrogen) atoms. The lowest BCUT2D eigenvalue weighted by Crippen LogP contribution is -2.41. The summed E-state index contributed by atoms with van der Waals surface area (Å²) in [5.74, 6) is 0.0627. The Morgan fingerprint density at radius 3 is 3.11 bits per heavy atom. The highest BCUT2D eigenvalue weighted by molar-refractivity contribution is 7.21. The summed E-state index contributed by atoms with van der Waals surface area (Å²) >= 11 is 1.40. The van der Waals surface area contributed by atoms with Crippen molar-refractivity contribution in [3.63, 3.8) is 0 Å². The van der Waals surface area contributed by atoms with Gasteiger partial charge in [0.15, 0.2) is 0 Å². The van der Waals surface area contributed by atoms with Gasteiger partial charge in [-0.15, -0.1) is 11.3 Å². The molecule has 0 aromatic carbocycles. The monoisotopic (exact) mass is 275 g/mol. The maximum absolute atomic E-state index is 12.6. The quantitative estimate of drug-likeness (QED) is 0.870. The highest BCUT2D eigenvalue weighted by Crippen LogP contribution is 2.34. The van der Waals surface area contributed by atoms with Crippen LogP contribution in [0.2, 0.25) is 0 Å². The minimum absolute atomic E-state index is 0.0627. The molecule has 0 aliphatic carbocycles. The van der Waals surface area contributed by atoms with Gasteiger partial charge >= 0.3 is 0 Å². The van der Waals surface area contributed by atoms with Gasteiger partial charge in [-0.25, -0.2) is 4.98 Å². The van der Waals surface area contributed by atoms with Gasteiger partial charge in [0, 0.05) is 24.2 Å². The number of nitrogen functional groups attached to an aromatic ring is 1. The Labute approximate surface area is 116 Å². The summed E-state index contributed by atoms with van der Waals surface area (Å²) in [7, 11) is 0. The van der Waals surface area contributed by atoms with Crippen molar-refractivity contribution in [2.45, 2.75) is 32.2 Å². The molecule has 0 spiro atoms. The standard InChI is InChI=1S/C14H17N3OS/c1-9-5-2-3-8-17(9)14(18)12-11(15)10-6-4-7-16-13(10)19-12/h4,6-7,9H,2-3,5,8,15H2,1H3. The zero-order valence-electron chi connectivity index (χ0n) is 10.9. The summed E-state index contributed by atoms with van der Waals surface area (Å²) in [4.78, 5) is 20.3. The molecule has 2 aromatic rings. The summed E-state index contributed by atoms with van der Waals surface area (Å²) in [6.45, 7) is 2.94. The van der Waals surface area contributed by atoms with E-state index in [-0.39, 0.29) is 5.91 Å². The molecule has 1 amide bonds. The molecular weight excluding hydrogens is 258 g/mol. The van der Waals surface area contributed by atoms with Gasteiger partial charge in [0.25, 0.3) is 5.91 Å². The number of aromatic nitrogens is 1. The molecule has 5 heteroatoms. The van der Waals surface area contributed by atoms with E-state index < -0.39 is 0 Å². The average Bonchev–Trinajstić information content (AvgIpc) is 2.77. The van der Waals surface area contributed by atoms with Crippen LogP contribution in [0, 0.1) is 0 Å². The lowest BCUT2D eigenvalue weighted by atomic mass is 10.0. The normalized spacial score (nSPS) is 19.8. The van der Waals surface area contributed by atoms with E-state index >= 15 is 0 Å². The molecular formula is C14H17N3OS. The molecule has 1 aliphatic rings. The molecule has 1 saturated heterocycles. The van der Waals surface area contributed by atoms with Gasteiger partial charge in [-0.2, -0.15) is 0 Å². The maximum atomic E-state index is 12.6. The Morgan fingerprint density at radius 2 is 2.37 bits per heavy atom. The number of thiophene rings is 1. The topological polar surface area (TPSA) is 59.2 Å². The molecule has 0 bridgehead atoms. The number of rotatable bonds is 1. The van der Waals surface area contributed by atoms with Crippen molar-refractivity contribution in [1.82, 2.24) is 9.88 Å². The predicted molar refractivity (Wildman–Crippen MR) is 78.4 cm³/mol. The van der Waals surface area contributed by atoms with Crippen molar-refractivity contribution >= 4 is 33.1 Å². The van der Waals surface area contributed by atoms with Crippen molar-refractivity contribution in [3.8, 4) is 0 Å². The smallest absolute Gasteiger partial charge is 0.266 e. The number of carbonyl (C=O) groups excluding carboxylic acids is 1. The van der Waals surface area contributed by atoms with E-state index in [9.17, 15) is 4.79 Å². The van der Waals surface area contributed by atoms with E-state index in [0.29, 0.717) is 16.6 Å². The summed E-state index contributed by atoms with van der Waals surface area (Å²) in [6, 6.07) is 4.08. The van der Waals surface area contributed by atoms with Gasteiger partial charge in [-0.05, 0) is 38.3 Å². The molecule has 3 rings (SSSR count). The molecule has 3 heterocycles. The van der Waals surface area contributed by atoms with Crippen molar-refractivity contribution in [3.05, 3.63) is 23.2 Å². The number of carbonyl (C=O) groups is 1. The van der Waals surface area contributed by atoms with Crippen molar-refractivity contribution in [2.24, 2.45) is 0 Å². The van der Waals surface area contributed by atoms with Crippen molar-refractivity contribution in [2.75, 3.05) is 12.3 Å². The van der Waals surface area contributed by atoms with Crippen molar-refractivity contribution < 1.29 is 4.79 Å². The minimum Gasteiger partial charge on any atom is -0.397 e. The first-order chi connectivity index (χ1) is 9.18. The number of amides is 1. The number of fused-ring (bicyclic) bond motifs is 1.